The van der Waals surface area contributed by atoms with Crippen LogP contribution in [-0.4, -0.2) is 15.8 Å². The first-order valence-electron chi connectivity index (χ1n) is 5.05. The maximum atomic E-state index is 9.74. The van der Waals surface area contributed by atoms with Crippen LogP contribution >= 0.6 is 23.1 Å². The van der Waals surface area contributed by atoms with Gasteiger partial charge in [0, 0.05) is 10.6 Å². The molecule has 0 spiro atoms. The van der Waals surface area contributed by atoms with E-state index in [1.54, 1.807) is 11.3 Å². The van der Waals surface area contributed by atoms with Crippen LogP contribution in [0.15, 0.2) is 0 Å². The Bertz CT molecular complexity index is 311. The summed E-state index contributed by atoms with van der Waals surface area (Å²) in [5, 5.41) is 10.9. The van der Waals surface area contributed by atoms with Crippen molar-refractivity contribution in [1.29, 1.82) is 0 Å². The van der Waals surface area contributed by atoms with Crippen molar-refractivity contribution < 1.29 is 5.11 Å². The minimum Gasteiger partial charge on any atom is -0.387 e. The van der Waals surface area contributed by atoms with E-state index in [1.807, 2.05) is 11.8 Å². The van der Waals surface area contributed by atoms with Crippen molar-refractivity contribution in [3.8, 4) is 0 Å². The summed E-state index contributed by atoms with van der Waals surface area (Å²) in [5.41, 5.74) is 0.966. The van der Waals surface area contributed by atoms with Crippen LogP contribution in [0.3, 0.4) is 0 Å². The molecular formula is C10H15NOS2. The van der Waals surface area contributed by atoms with Gasteiger partial charge < -0.3 is 5.11 Å². The first-order valence-corrected chi connectivity index (χ1v) is 7.02. The predicted molar refractivity (Wildman–Crippen MR) is 61.8 cm³/mol. The first-order chi connectivity index (χ1) is 6.81. The third-order valence-electron chi connectivity index (χ3n) is 2.40. The van der Waals surface area contributed by atoms with Crippen LogP contribution in [-0.2, 0) is 12.2 Å². The average molecular weight is 229 g/mol. The quantitative estimate of drug-likeness (QED) is 0.865. The van der Waals surface area contributed by atoms with E-state index < -0.39 is 0 Å². The number of fused-ring (bicyclic) bond motifs is 1. The van der Waals surface area contributed by atoms with Gasteiger partial charge in [-0.2, -0.15) is 11.8 Å². The van der Waals surface area contributed by atoms with Crippen LogP contribution in [0.2, 0.25) is 0 Å². The number of aliphatic hydroxyl groups excluding tert-OH is 1. The SMILES string of the molecule is CCSCc1nc2c(s1)CCCC2O. The molecule has 0 aliphatic heterocycles. The molecule has 2 nitrogen and oxygen atoms in total. The second-order valence-electron chi connectivity index (χ2n) is 3.46. The average Bonchev–Trinajstić information content (AvgIpc) is 2.59. The highest BCUT2D eigenvalue weighted by Crippen LogP contribution is 2.34. The Hall–Kier alpha value is -0.0600. The molecule has 1 heterocycles. The van der Waals surface area contributed by atoms with Crippen molar-refractivity contribution in [2.24, 2.45) is 0 Å². The summed E-state index contributed by atoms with van der Waals surface area (Å²) in [7, 11) is 0. The van der Waals surface area contributed by atoms with Crippen molar-refractivity contribution in [2.75, 3.05) is 5.75 Å². The van der Waals surface area contributed by atoms with E-state index in [2.05, 4.69) is 11.9 Å². The van der Waals surface area contributed by atoms with E-state index in [9.17, 15) is 5.11 Å². The molecule has 4 heteroatoms. The van der Waals surface area contributed by atoms with Gasteiger partial charge in [0.05, 0.1) is 11.8 Å². The molecule has 1 aliphatic carbocycles. The Kier molecular flexibility index (Phi) is 3.47. The largest absolute Gasteiger partial charge is 0.387 e. The Morgan fingerprint density at radius 2 is 2.50 bits per heavy atom. The van der Waals surface area contributed by atoms with Gasteiger partial charge in [0.1, 0.15) is 5.01 Å². The van der Waals surface area contributed by atoms with E-state index in [4.69, 9.17) is 0 Å². The number of aryl methyl sites for hydroxylation is 1. The van der Waals surface area contributed by atoms with Crippen molar-refractivity contribution in [1.82, 2.24) is 4.98 Å². The molecule has 0 saturated carbocycles. The predicted octanol–water partition coefficient (Wildman–Crippen LogP) is 2.77. The molecule has 0 fully saturated rings. The van der Waals surface area contributed by atoms with Gasteiger partial charge in [0.2, 0.25) is 0 Å². The van der Waals surface area contributed by atoms with Gasteiger partial charge in [-0.05, 0) is 25.0 Å². The van der Waals surface area contributed by atoms with E-state index in [0.29, 0.717) is 0 Å². The summed E-state index contributed by atoms with van der Waals surface area (Å²) in [6.45, 7) is 2.16. The van der Waals surface area contributed by atoms with Crippen LogP contribution in [0.25, 0.3) is 0 Å². The molecule has 1 unspecified atom stereocenters. The molecule has 1 aromatic rings. The molecule has 0 radical (unpaired) electrons. The second kappa shape index (κ2) is 4.64. The van der Waals surface area contributed by atoms with Crippen molar-refractivity contribution in [3.63, 3.8) is 0 Å². The minimum atomic E-state index is -0.296. The summed E-state index contributed by atoms with van der Waals surface area (Å²) in [4.78, 5) is 5.83. The highest BCUT2D eigenvalue weighted by atomic mass is 32.2. The number of aliphatic hydroxyl groups is 1. The minimum absolute atomic E-state index is 0.296. The molecule has 14 heavy (non-hydrogen) atoms. The third-order valence-corrected chi connectivity index (χ3v) is 4.60. The number of thioether (sulfide) groups is 1. The van der Waals surface area contributed by atoms with Gasteiger partial charge in [0.25, 0.3) is 0 Å². The van der Waals surface area contributed by atoms with Crippen LogP contribution < -0.4 is 0 Å². The first kappa shape index (κ1) is 10.5. The van der Waals surface area contributed by atoms with Crippen LogP contribution in [0, 0.1) is 0 Å². The summed E-state index contributed by atoms with van der Waals surface area (Å²) in [5.74, 6) is 2.13. The standard InChI is InChI=1S/C10H15NOS2/c1-2-13-6-9-11-10-7(12)4-3-5-8(10)14-9/h7,12H,2-6H2,1H3. The maximum Gasteiger partial charge on any atom is 0.103 e. The molecule has 1 atom stereocenters. The van der Waals surface area contributed by atoms with Crippen LogP contribution in [0.4, 0.5) is 0 Å². The van der Waals surface area contributed by atoms with Crippen LogP contribution in [0.5, 0.6) is 0 Å². The number of hydrogen-bond acceptors (Lipinski definition) is 4. The molecule has 0 amide bonds. The summed E-state index contributed by atoms with van der Waals surface area (Å²) < 4.78 is 0. The zero-order valence-electron chi connectivity index (χ0n) is 8.32. The lowest BCUT2D eigenvalue weighted by molar-refractivity contribution is 0.153. The molecule has 0 aromatic carbocycles. The number of hydrogen-bond donors (Lipinski definition) is 1. The van der Waals surface area contributed by atoms with E-state index >= 15 is 0 Å². The molecule has 0 saturated heterocycles. The zero-order chi connectivity index (χ0) is 9.97. The topological polar surface area (TPSA) is 33.1 Å². The molecule has 0 bridgehead atoms. The molecule has 78 valence electrons. The lowest BCUT2D eigenvalue weighted by Gasteiger charge is -2.14. The Labute approximate surface area is 92.8 Å². The fraction of sp³-hybridized carbons (Fsp3) is 0.700. The fourth-order valence-corrected chi connectivity index (χ4v) is 3.59. The lowest BCUT2D eigenvalue weighted by Crippen LogP contribution is -2.07. The maximum absolute atomic E-state index is 9.74. The lowest BCUT2D eigenvalue weighted by atomic mass is 10.0. The molecular weight excluding hydrogens is 214 g/mol. The third kappa shape index (κ3) is 2.12. The molecule has 1 aromatic heterocycles. The number of thiazole rings is 1. The highest BCUT2D eigenvalue weighted by molar-refractivity contribution is 7.98. The summed E-state index contributed by atoms with van der Waals surface area (Å²) in [6, 6.07) is 0. The smallest absolute Gasteiger partial charge is 0.103 e. The highest BCUT2D eigenvalue weighted by Gasteiger charge is 2.22. The van der Waals surface area contributed by atoms with Gasteiger partial charge in [-0.3, -0.25) is 0 Å². The number of aromatic nitrogens is 1. The summed E-state index contributed by atoms with van der Waals surface area (Å²) >= 11 is 3.68. The Balaban J connectivity index is 2.13. The van der Waals surface area contributed by atoms with E-state index in [-0.39, 0.29) is 6.10 Å². The Morgan fingerprint density at radius 1 is 1.64 bits per heavy atom. The molecule has 1 N–H and O–H groups in total. The molecule has 1 aliphatic rings. The van der Waals surface area contributed by atoms with Gasteiger partial charge in [-0.1, -0.05) is 6.92 Å². The van der Waals surface area contributed by atoms with E-state index in [1.165, 1.54) is 9.88 Å². The van der Waals surface area contributed by atoms with Crippen molar-refractivity contribution in [2.45, 2.75) is 38.0 Å². The number of rotatable bonds is 3. The van der Waals surface area contributed by atoms with E-state index in [0.717, 1.165) is 36.5 Å². The van der Waals surface area contributed by atoms with Gasteiger partial charge in [-0.25, -0.2) is 4.98 Å². The van der Waals surface area contributed by atoms with Gasteiger partial charge in [-0.15, -0.1) is 11.3 Å². The van der Waals surface area contributed by atoms with Crippen molar-refractivity contribution in [3.05, 3.63) is 15.6 Å². The Morgan fingerprint density at radius 3 is 3.21 bits per heavy atom. The number of nitrogens with zero attached hydrogens (tertiary/aromatic N) is 1. The second-order valence-corrected chi connectivity index (χ2v) is 5.90. The molecule has 2 rings (SSSR count). The monoisotopic (exact) mass is 229 g/mol. The van der Waals surface area contributed by atoms with Gasteiger partial charge in [0.15, 0.2) is 0 Å². The normalized spacial score (nSPS) is 20.9. The fourth-order valence-electron chi connectivity index (χ4n) is 1.70. The van der Waals surface area contributed by atoms with Crippen molar-refractivity contribution >= 4 is 23.1 Å². The zero-order valence-corrected chi connectivity index (χ0v) is 9.96. The van der Waals surface area contributed by atoms with Crippen LogP contribution in [0.1, 0.15) is 41.4 Å². The van der Waals surface area contributed by atoms with Gasteiger partial charge >= 0.3 is 0 Å². The summed E-state index contributed by atoms with van der Waals surface area (Å²) in [6.07, 6.45) is 2.81.